The van der Waals surface area contributed by atoms with Crippen molar-refractivity contribution in [3.05, 3.63) is 71.2 Å². The molecule has 0 radical (unpaired) electrons. The zero-order valence-corrected chi connectivity index (χ0v) is 16.7. The summed E-state index contributed by atoms with van der Waals surface area (Å²) in [5.41, 5.74) is 4.85. The van der Waals surface area contributed by atoms with Crippen LogP contribution in [0.15, 0.2) is 60.7 Å². The molecule has 0 atom stereocenters. The predicted octanol–water partition coefficient (Wildman–Crippen LogP) is 5.64. The van der Waals surface area contributed by atoms with Crippen LogP contribution in [0.1, 0.15) is 10.6 Å². The number of ether oxygens (including phenoxy) is 1. The van der Waals surface area contributed by atoms with E-state index in [1.165, 1.54) is 0 Å². The van der Waals surface area contributed by atoms with Crippen molar-refractivity contribution < 1.29 is 4.74 Å². The van der Waals surface area contributed by atoms with Crippen molar-refractivity contribution in [1.29, 1.82) is 0 Å². The Hall–Kier alpha value is -3.25. The van der Waals surface area contributed by atoms with Gasteiger partial charge in [0.25, 0.3) is 0 Å². The first-order chi connectivity index (χ1) is 13.6. The number of hydrogen-bond donors (Lipinski definition) is 1. The van der Waals surface area contributed by atoms with Crippen LogP contribution in [0.3, 0.4) is 0 Å². The number of aryl methyl sites for hydroxylation is 2. The molecule has 0 aliphatic carbocycles. The fourth-order valence-corrected chi connectivity index (χ4v) is 3.77. The molecule has 6 heteroatoms. The number of benzene rings is 2. The molecule has 0 saturated heterocycles. The third-order valence-corrected chi connectivity index (χ3v) is 5.19. The third-order valence-electron chi connectivity index (χ3n) is 4.30. The molecule has 4 rings (SSSR count). The first-order valence-electron chi connectivity index (χ1n) is 8.92. The van der Waals surface area contributed by atoms with Gasteiger partial charge in [-0.15, -0.1) is 11.3 Å². The Bertz CT molecular complexity index is 1090. The molecule has 0 amide bonds. The molecule has 2 aromatic heterocycles. The van der Waals surface area contributed by atoms with Crippen LogP contribution in [0, 0.1) is 13.8 Å². The van der Waals surface area contributed by atoms with Crippen LogP contribution in [0.25, 0.3) is 22.5 Å². The number of aromatic nitrogens is 3. The number of nitrogens with zero attached hydrogens (tertiary/aromatic N) is 3. The average Bonchev–Trinajstić information content (AvgIpc) is 3.08. The van der Waals surface area contributed by atoms with Crippen LogP contribution in [0.4, 0.5) is 11.1 Å². The van der Waals surface area contributed by atoms with E-state index in [9.17, 15) is 0 Å². The number of rotatable bonds is 5. The van der Waals surface area contributed by atoms with Gasteiger partial charge in [0.1, 0.15) is 5.75 Å². The van der Waals surface area contributed by atoms with Crippen molar-refractivity contribution in [2.75, 3.05) is 12.4 Å². The monoisotopic (exact) mass is 388 g/mol. The maximum atomic E-state index is 5.23. The topological polar surface area (TPSA) is 59.9 Å². The van der Waals surface area contributed by atoms with Gasteiger partial charge in [0.15, 0.2) is 5.13 Å². The minimum Gasteiger partial charge on any atom is -0.497 e. The Morgan fingerprint density at radius 2 is 1.61 bits per heavy atom. The largest absolute Gasteiger partial charge is 0.497 e. The lowest BCUT2D eigenvalue weighted by atomic mass is 10.1. The van der Waals surface area contributed by atoms with Gasteiger partial charge in [-0.2, -0.15) is 0 Å². The van der Waals surface area contributed by atoms with Gasteiger partial charge < -0.3 is 4.74 Å². The second kappa shape index (κ2) is 7.78. The highest BCUT2D eigenvalue weighted by Crippen LogP contribution is 2.32. The van der Waals surface area contributed by atoms with Crippen LogP contribution < -0.4 is 10.1 Å². The molecule has 140 valence electrons. The Kier molecular flexibility index (Phi) is 5.04. The highest BCUT2D eigenvalue weighted by Gasteiger charge is 2.12. The average molecular weight is 388 g/mol. The summed E-state index contributed by atoms with van der Waals surface area (Å²) in [7, 11) is 1.66. The summed E-state index contributed by atoms with van der Waals surface area (Å²) in [6, 6.07) is 20.0. The second-order valence-electron chi connectivity index (χ2n) is 6.36. The summed E-state index contributed by atoms with van der Waals surface area (Å²) >= 11 is 1.59. The summed E-state index contributed by atoms with van der Waals surface area (Å²) in [5, 5.41) is 4.04. The standard InChI is InChI=1S/C22H20N4OS/c1-14-13-19(16-7-5-4-6-8-16)24-21(23-14)26-22-25-20(15(2)28-22)17-9-11-18(27-3)12-10-17/h4-13H,1-3H3,(H,23,24,25,26). The maximum Gasteiger partial charge on any atom is 0.229 e. The van der Waals surface area contributed by atoms with Crippen molar-refractivity contribution in [1.82, 2.24) is 15.0 Å². The number of hydrogen-bond acceptors (Lipinski definition) is 6. The van der Waals surface area contributed by atoms with E-state index in [0.717, 1.165) is 44.0 Å². The van der Waals surface area contributed by atoms with Gasteiger partial charge in [-0.3, -0.25) is 5.32 Å². The molecule has 0 fully saturated rings. The SMILES string of the molecule is COc1ccc(-c2nc(Nc3nc(C)cc(-c4ccccc4)n3)sc2C)cc1. The van der Waals surface area contributed by atoms with Crippen LogP contribution in [-0.2, 0) is 0 Å². The van der Waals surface area contributed by atoms with Gasteiger partial charge in [0.05, 0.1) is 18.5 Å². The van der Waals surface area contributed by atoms with Crippen LogP contribution in [0.2, 0.25) is 0 Å². The lowest BCUT2D eigenvalue weighted by Crippen LogP contribution is -1.99. The second-order valence-corrected chi connectivity index (χ2v) is 7.56. The minimum atomic E-state index is 0.550. The van der Waals surface area contributed by atoms with Crippen LogP contribution >= 0.6 is 11.3 Å². The van der Waals surface area contributed by atoms with Crippen LogP contribution in [-0.4, -0.2) is 22.1 Å². The highest BCUT2D eigenvalue weighted by molar-refractivity contribution is 7.16. The summed E-state index contributed by atoms with van der Waals surface area (Å²) < 4.78 is 5.23. The Balaban J connectivity index is 1.62. The summed E-state index contributed by atoms with van der Waals surface area (Å²) in [4.78, 5) is 15.1. The van der Waals surface area contributed by atoms with E-state index in [1.807, 2.05) is 67.6 Å². The molecule has 5 nitrogen and oxygen atoms in total. The first kappa shape index (κ1) is 18.1. The van der Waals surface area contributed by atoms with E-state index in [1.54, 1.807) is 18.4 Å². The number of nitrogens with one attached hydrogen (secondary N) is 1. The quantitative estimate of drug-likeness (QED) is 0.480. The summed E-state index contributed by atoms with van der Waals surface area (Å²) in [6.07, 6.45) is 0. The molecular weight excluding hydrogens is 368 g/mol. The molecule has 28 heavy (non-hydrogen) atoms. The zero-order chi connectivity index (χ0) is 19.5. The summed E-state index contributed by atoms with van der Waals surface area (Å²) in [5.74, 6) is 1.38. The van der Waals surface area contributed by atoms with E-state index in [2.05, 4.69) is 22.2 Å². The van der Waals surface area contributed by atoms with Crippen molar-refractivity contribution in [3.63, 3.8) is 0 Å². The number of thiazole rings is 1. The van der Waals surface area contributed by atoms with Gasteiger partial charge in [-0.25, -0.2) is 15.0 Å². The highest BCUT2D eigenvalue weighted by atomic mass is 32.1. The van der Waals surface area contributed by atoms with Gasteiger partial charge >= 0.3 is 0 Å². The molecule has 0 spiro atoms. The van der Waals surface area contributed by atoms with Crippen molar-refractivity contribution >= 4 is 22.4 Å². The molecular formula is C22H20N4OS. The van der Waals surface area contributed by atoms with Gasteiger partial charge in [0, 0.05) is 21.7 Å². The van der Waals surface area contributed by atoms with Gasteiger partial charge in [-0.1, -0.05) is 30.3 Å². The lowest BCUT2D eigenvalue weighted by molar-refractivity contribution is 0.415. The Morgan fingerprint density at radius 3 is 2.32 bits per heavy atom. The molecule has 2 heterocycles. The normalized spacial score (nSPS) is 10.7. The Labute approximate surface area is 168 Å². The van der Waals surface area contributed by atoms with Crippen molar-refractivity contribution in [2.24, 2.45) is 0 Å². The molecule has 0 saturated carbocycles. The van der Waals surface area contributed by atoms with E-state index in [-0.39, 0.29) is 0 Å². The predicted molar refractivity (Wildman–Crippen MR) is 114 cm³/mol. The summed E-state index contributed by atoms with van der Waals surface area (Å²) in [6.45, 7) is 4.03. The van der Waals surface area contributed by atoms with Gasteiger partial charge in [0.2, 0.25) is 5.95 Å². The molecule has 0 bridgehead atoms. The fraction of sp³-hybridized carbons (Fsp3) is 0.136. The molecule has 0 unspecified atom stereocenters. The maximum absolute atomic E-state index is 5.23. The van der Waals surface area contributed by atoms with Crippen molar-refractivity contribution in [2.45, 2.75) is 13.8 Å². The molecule has 1 N–H and O–H groups in total. The first-order valence-corrected chi connectivity index (χ1v) is 9.74. The van der Waals surface area contributed by atoms with Crippen molar-refractivity contribution in [3.8, 4) is 28.3 Å². The van der Waals surface area contributed by atoms with E-state index in [4.69, 9.17) is 9.72 Å². The number of methoxy groups -OCH3 is 1. The third kappa shape index (κ3) is 3.87. The van der Waals surface area contributed by atoms with Gasteiger partial charge in [-0.05, 0) is 44.2 Å². The fourth-order valence-electron chi connectivity index (χ4n) is 2.94. The minimum absolute atomic E-state index is 0.550. The molecule has 2 aromatic carbocycles. The van der Waals surface area contributed by atoms with Crippen LogP contribution in [0.5, 0.6) is 5.75 Å². The molecule has 4 aromatic rings. The van der Waals surface area contributed by atoms with E-state index in [0.29, 0.717) is 5.95 Å². The van der Waals surface area contributed by atoms with E-state index >= 15 is 0 Å². The molecule has 0 aliphatic rings. The zero-order valence-electron chi connectivity index (χ0n) is 15.9. The lowest BCUT2D eigenvalue weighted by Gasteiger charge is -2.06. The smallest absolute Gasteiger partial charge is 0.229 e. The number of anilines is 2. The Morgan fingerprint density at radius 1 is 0.857 bits per heavy atom. The molecule has 0 aliphatic heterocycles. The van der Waals surface area contributed by atoms with E-state index < -0.39 is 0 Å².